The fourth-order valence-corrected chi connectivity index (χ4v) is 4.57. The first-order chi connectivity index (χ1) is 13.1. The van der Waals surface area contributed by atoms with Crippen LogP contribution in [0, 0.1) is 5.41 Å². The third kappa shape index (κ3) is 3.10. The predicted octanol–water partition coefficient (Wildman–Crippen LogP) is 2.12. The van der Waals surface area contributed by atoms with Gasteiger partial charge in [-0.25, -0.2) is 5.48 Å². The van der Waals surface area contributed by atoms with Gasteiger partial charge in [-0.3, -0.25) is 14.9 Å². The van der Waals surface area contributed by atoms with Gasteiger partial charge in [-0.15, -0.1) is 0 Å². The highest BCUT2D eigenvalue weighted by Gasteiger charge is 2.50. The Kier molecular flexibility index (Phi) is 4.63. The van der Waals surface area contributed by atoms with E-state index < -0.39 is 12.1 Å². The summed E-state index contributed by atoms with van der Waals surface area (Å²) in [6, 6.07) is 13.5. The average Bonchev–Trinajstić information content (AvgIpc) is 3.23. The monoisotopic (exact) mass is 368 g/mol. The Morgan fingerprint density at radius 3 is 2.74 bits per heavy atom. The topological polar surface area (TPSA) is 82.0 Å². The molecule has 1 amide bonds. The van der Waals surface area contributed by atoms with E-state index in [-0.39, 0.29) is 5.41 Å². The molecule has 1 spiro atoms. The molecule has 0 radical (unpaired) electrons. The van der Waals surface area contributed by atoms with Crippen LogP contribution in [0.2, 0.25) is 0 Å². The zero-order valence-corrected chi connectivity index (χ0v) is 15.3. The minimum Gasteiger partial charge on any atom is -0.497 e. The molecule has 1 aliphatic heterocycles. The Labute approximate surface area is 158 Å². The van der Waals surface area contributed by atoms with Crippen molar-refractivity contribution >= 4 is 5.91 Å². The minimum absolute atomic E-state index is 0.277. The van der Waals surface area contributed by atoms with E-state index in [1.165, 1.54) is 0 Å². The van der Waals surface area contributed by atoms with Crippen LogP contribution in [0.1, 0.15) is 33.5 Å². The van der Waals surface area contributed by atoms with Gasteiger partial charge >= 0.3 is 0 Å². The second kappa shape index (κ2) is 6.96. The van der Waals surface area contributed by atoms with Gasteiger partial charge in [-0.1, -0.05) is 24.3 Å². The maximum Gasteiger partial charge on any atom is 0.274 e. The lowest BCUT2D eigenvalue weighted by Crippen LogP contribution is -2.40. The van der Waals surface area contributed by atoms with Crippen molar-refractivity contribution < 1.29 is 19.8 Å². The van der Waals surface area contributed by atoms with Crippen molar-refractivity contribution in [3.8, 4) is 5.75 Å². The Morgan fingerprint density at radius 2 is 2.04 bits per heavy atom. The number of fused-ring (bicyclic) bond motifs is 1. The molecule has 1 heterocycles. The molecule has 1 fully saturated rings. The maximum atomic E-state index is 12.0. The van der Waals surface area contributed by atoms with Crippen LogP contribution in [0.15, 0.2) is 42.5 Å². The number of likely N-dealkylation sites (tertiary alicyclic amines) is 1. The van der Waals surface area contributed by atoms with E-state index in [0.29, 0.717) is 18.5 Å². The van der Waals surface area contributed by atoms with Crippen LogP contribution < -0.4 is 10.2 Å². The van der Waals surface area contributed by atoms with Crippen molar-refractivity contribution in [2.24, 2.45) is 5.41 Å². The molecule has 2 aromatic rings. The van der Waals surface area contributed by atoms with Crippen LogP contribution in [-0.4, -0.2) is 41.0 Å². The fraction of sp³-hybridized carbons (Fsp3) is 0.381. The second-order valence-electron chi connectivity index (χ2n) is 7.54. The van der Waals surface area contributed by atoms with E-state index in [0.717, 1.165) is 41.8 Å². The van der Waals surface area contributed by atoms with Crippen LogP contribution >= 0.6 is 0 Å². The Balaban J connectivity index is 1.53. The normalized spacial score (nSPS) is 24.2. The van der Waals surface area contributed by atoms with Crippen LogP contribution in [0.5, 0.6) is 5.75 Å². The first kappa shape index (κ1) is 18.0. The molecule has 6 heteroatoms. The molecular weight excluding hydrogens is 344 g/mol. The summed E-state index contributed by atoms with van der Waals surface area (Å²) in [4.78, 5) is 14.1. The van der Waals surface area contributed by atoms with E-state index in [2.05, 4.69) is 4.90 Å². The summed E-state index contributed by atoms with van der Waals surface area (Å²) in [7, 11) is 1.64. The molecular formula is C21H24N2O4. The summed E-state index contributed by atoms with van der Waals surface area (Å²) in [5.41, 5.74) is 5.10. The molecule has 6 nitrogen and oxygen atoms in total. The number of hydrogen-bond donors (Lipinski definition) is 3. The molecule has 0 bridgehead atoms. The van der Waals surface area contributed by atoms with E-state index in [1.54, 1.807) is 18.7 Å². The summed E-state index contributed by atoms with van der Waals surface area (Å²) < 4.78 is 5.20. The van der Waals surface area contributed by atoms with Gasteiger partial charge in [0.15, 0.2) is 0 Å². The van der Waals surface area contributed by atoms with E-state index in [1.807, 2.05) is 36.4 Å². The van der Waals surface area contributed by atoms with Crippen molar-refractivity contribution in [1.82, 2.24) is 10.4 Å². The minimum atomic E-state index is -0.572. The number of carbonyl (C=O) groups excluding carboxylic acids is 1. The zero-order chi connectivity index (χ0) is 19.0. The SMILES string of the molecule is COc1ccc(CN2CCC3(Cc4cccc(C(=O)NO)c4C3)C2O)cc1. The molecule has 142 valence electrons. The van der Waals surface area contributed by atoms with Crippen LogP contribution in [-0.2, 0) is 19.4 Å². The molecule has 0 saturated carbocycles. The number of rotatable bonds is 4. The Bertz CT molecular complexity index is 852. The fourth-order valence-electron chi connectivity index (χ4n) is 4.57. The lowest BCUT2D eigenvalue weighted by molar-refractivity contribution is -0.0407. The maximum absolute atomic E-state index is 12.0. The summed E-state index contributed by atoms with van der Waals surface area (Å²) in [5, 5.41) is 20.1. The van der Waals surface area contributed by atoms with Gasteiger partial charge in [0.25, 0.3) is 5.91 Å². The van der Waals surface area contributed by atoms with Gasteiger partial charge in [0.1, 0.15) is 12.0 Å². The molecule has 2 aliphatic rings. The second-order valence-corrected chi connectivity index (χ2v) is 7.54. The number of methoxy groups -OCH3 is 1. The molecule has 3 N–H and O–H groups in total. The lowest BCUT2D eigenvalue weighted by Gasteiger charge is -2.31. The van der Waals surface area contributed by atoms with Gasteiger partial charge in [0.05, 0.1) is 7.11 Å². The Morgan fingerprint density at radius 1 is 1.26 bits per heavy atom. The lowest BCUT2D eigenvalue weighted by atomic mass is 9.82. The Hall–Kier alpha value is -2.41. The number of nitrogens with one attached hydrogen (secondary N) is 1. The molecule has 2 unspecified atom stereocenters. The number of carbonyl (C=O) groups is 1. The van der Waals surface area contributed by atoms with Crippen LogP contribution in [0.4, 0.5) is 0 Å². The highest BCUT2D eigenvalue weighted by atomic mass is 16.5. The summed E-state index contributed by atoms with van der Waals surface area (Å²) in [6.07, 6.45) is 1.69. The van der Waals surface area contributed by atoms with Gasteiger partial charge in [-0.2, -0.15) is 0 Å². The number of amides is 1. The smallest absolute Gasteiger partial charge is 0.274 e. The largest absolute Gasteiger partial charge is 0.497 e. The van der Waals surface area contributed by atoms with Crippen LogP contribution in [0.3, 0.4) is 0 Å². The number of aliphatic hydroxyl groups excluding tert-OH is 1. The predicted molar refractivity (Wildman–Crippen MR) is 99.6 cm³/mol. The highest BCUT2D eigenvalue weighted by molar-refractivity contribution is 5.95. The number of benzene rings is 2. The van der Waals surface area contributed by atoms with Crippen molar-refractivity contribution in [3.63, 3.8) is 0 Å². The van der Waals surface area contributed by atoms with Gasteiger partial charge in [0.2, 0.25) is 0 Å². The summed E-state index contributed by atoms with van der Waals surface area (Å²) in [5.74, 6) is 0.324. The number of hydroxylamine groups is 1. The van der Waals surface area contributed by atoms with Crippen molar-refractivity contribution in [1.29, 1.82) is 0 Å². The quantitative estimate of drug-likeness (QED) is 0.569. The first-order valence-corrected chi connectivity index (χ1v) is 9.16. The van der Waals surface area contributed by atoms with E-state index in [9.17, 15) is 9.90 Å². The zero-order valence-electron chi connectivity index (χ0n) is 15.3. The number of nitrogens with zero attached hydrogens (tertiary/aromatic N) is 1. The summed E-state index contributed by atoms with van der Waals surface area (Å²) >= 11 is 0. The molecule has 0 aromatic heterocycles. The first-order valence-electron chi connectivity index (χ1n) is 9.16. The molecule has 2 aromatic carbocycles. The van der Waals surface area contributed by atoms with Gasteiger partial charge in [0, 0.05) is 24.1 Å². The summed E-state index contributed by atoms with van der Waals surface area (Å²) in [6.45, 7) is 1.48. The van der Waals surface area contributed by atoms with Crippen molar-refractivity contribution in [2.75, 3.05) is 13.7 Å². The van der Waals surface area contributed by atoms with Gasteiger partial charge in [-0.05, 0) is 54.2 Å². The molecule has 1 saturated heterocycles. The van der Waals surface area contributed by atoms with Crippen molar-refractivity contribution in [3.05, 3.63) is 64.7 Å². The number of hydrogen-bond acceptors (Lipinski definition) is 5. The van der Waals surface area contributed by atoms with Crippen molar-refractivity contribution in [2.45, 2.75) is 32.0 Å². The highest BCUT2D eigenvalue weighted by Crippen LogP contribution is 2.48. The third-order valence-electron chi connectivity index (χ3n) is 6.03. The average molecular weight is 368 g/mol. The van der Waals surface area contributed by atoms with E-state index >= 15 is 0 Å². The van der Waals surface area contributed by atoms with Crippen LogP contribution in [0.25, 0.3) is 0 Å². The number of ether oxygens (including phenoxy) is 1. The molecule has 27 heavy (non-hydrogen) atoms. The number of aliphatic hydroxyl groups is 1. The molecule has 2 atom stereocenters. The van der Waals surface area contributed by atoms with Gasteiger partial charge < -0.3 is 9.84 Å². The molecule has 1 aliphatic carbocycles. The van der Waals surface area contributed by atoms with E-state index in [4.69, 9.17) is 9.94 Å². The molecule has 4 rings (SSSR count). The standard InChI is InChI=1S/C21H24N2O4/c1-27-16-7-5-14(6-8-16)13-23-10-9-21(20(23)25)11-15-3-2-4-17(18(15)12-21)19(24)22-26/h2-8,20,25-26H,9-13H2,1H3,(H,22,24). The third-order valence-corrected chi connectivity index (χ3v) is 6.03.